The molecule has 0 saturated heterocycles. The molecule has 5 rings (SSSR count). The number of carbonyl (C=O) groups is 1. The van der Waals surface area contributed by atoms with Crippen molar-refractivity contribution in [1.82, 2.24) is 25.1 Å². The number of pyridine rings is 2. The summed E-state index contributed by atoms with van der Waals surface area (Å²) in [6.45, 7) is 2.28. The summed E-state index contributed by atoms with van der Waals surface area (Å²) in [5.41, 5.74) is 4.93. The highest BCUT2D eigenvalue weighted by Crippen LogP contribution is 2.34. The van der Waals surface area contributed by atoms with Crippen LogP contribution in [0.15, 0.2) is 79.4 Å². The first-order chi connectivity index (χ1) is 17.5. The molecule has 176 valence electrons. The summed E-state index contributed by atoms with van der Waals surface area (Å²) in [5.74, 6) is 1.03. The number of aryl methyl sites for hydroxylation is 1. The second kappa shape index (κ2) is 9.68. The maximum absolute atomic E-state index is 12.9. The summed E-state index contributed by atoms with van der Waals surface area (Å²) >= 11 is 0. The number of nitriles is 1. The Hall–Kier alpha value is -5.03. The lowest BCUT2D eigenvalue weighted by Crippen LogP contribution is -2.23. The molecule has 0 spiro atoms. The number of amides is 1. The maximum atomic E-state index is 12.9. The molecule has 1 N–H and O–H groups in total. The van der Waals surface area contributed by atoms with Crippen LogP contribution in [-0.4, -0.2) is 25.7 Å². The van der Waals surface area contributed by atoms with Crippen molar-refractivity contribution in [3.8, 4) is 28.7 Å². The van der Waals surface area contributed by atoms with Crippen molar-refractivity contribution in [3.63, 3.8) is 0 Å². The SMILES string of the molecule is Cc1c(Oc2ccnc3cc(-c4cn(C)nc4C#N)ccc23)cccc1C(=O)NCc1ccncc1. The Morgan fingerprint density at radius 3 is 2.72 bits per heavy atom. The van der Waals surface area contributed by atoms with Crippen molar-refractivity contribution in [3.05, 3.63) is 102 Å². The van der Waals surface area contributed by atoms with Crippen LogP contribution in [0.3, 0.4) is 0 Å². The number of rotatable bonds is 6. The van der Waals surface area contributed by atoms with Crippen LogP contribution < -0.4 is 10.1 Å². The highest BCUT2D eigenvalue weighted by atomic mass is 16.5. The lowest BCUT2D eigenvalue weighted by Gasteiger charge is -2.14. The Labute approximate surface area is 207 Å². The van der Waals surface area contributed by atoms with E-state index in [4.69, 9.17) is 4.74 Å². The average molecular weight is 475 g/mol. The van der Waals surface area contributed by atoms with Crippen molar-refractivity contribution < 1.29 is 9.53 Å². The van der Waals surface area contributed by atoms with E-state index in [2.05, 4.69) is 26.5 Å². The quantitative estimate of drug-likeness (QED) is 0.374. The monoisotopic (exact) mass is 474 g/mol. The first-order valence-electron chi connectivity index (χ1n) is 11.3. The van der Waals surface area contributed by atoms with Crippen LogP contribution in [0.1, 0.15) is 27.2 Å². The number of benzene rings is 2. The van der Waals surface area contributed by atoms with Gasteiger partial charge in [0.1, 0.15) is 17.6 Å². The molecule has 0 fully saturated rings. The van der Waals surface area contributed by atoms with E-state index in [0.717, 1.165) is 33.2 Å². The summed E-state index contributed by atoms with van der Waals surface area (Å²) in [7, 11) is 1.78. The van der Waals surface area contributed by atoms with Gasteiger partial charge in [0.25, 0.3) is 5.91 Å². The number of hydrogen-bond donors (Lipinski definition) is 1. The summed E-state index contributed by atoms with van der Waals surface area (Å²) < 4.78 is 7.89. The van der Waals surface area contributed by atoms with Crippen molar-refractivity contribution in [2.24, 2.45) is 7.05 Å². The van der Waals surface area contributed by atoms with Gasteiger partial charge in [0.2, 0.25) is 0 Å². The number of aromatic nitrogens is 4. The Morgan fingerprint density at radius 2 is 1.92 bits per heavy atom. The fourth-order valence-corrected chi connectivity index (χ4v) is 4.03. The van der Waals surface area contributed by atoms with Crippen molar-refractivity contribution in [2.45, 2.75) is 13.5 Å². The zero-order valence-corrected chi connectivity index (χ0v) is 19.8. The van der Waals surface area contributed by atoms with Crippen LogP contribution in [0.4, 0.5) is 0 Å². The average Bonchev–Trinajstić information content (AvgIpc) is 3.29. The fourth-order valence-electron chi connectivity index (χ4n) is 4.03. The van der Waals surface area contributed by atoms with Gasteiger partial charge in [-0.3, -0.25) is 19.4 Å². The Morgan fingerprint density at radius 1 is 1.08 bits per heavy atom. The summed E-state index contributed by atoms with van der Waals surface area (Å²) in [4.78, 5) is 21.4. The highest BCUT2D eigenvalue weighted by molar-refractivity contribution is 5.96. The van der Waals surface area contributed by atoms with E-state index in [-0.39, 0.29) is 5.91 Å². The van der Waals surface area contributed by atoms with Crippen LogP contribution in [0.25, 0.3) is 22.0 Å². The third-order valence-electron chi connectivity index (χ3n) is 5.90. The molecule has 0 bridgehead atoms. The topological polar surface area (TPSA) is 106 Å². The summed E-state index contributed by atoms with van der Waals surface area (Å²) in [6.07, 6.45) is 6.88. The predicted octanol–water partition coefficient (Wildman–Crippen LogP) is 4.93. The summed E-state index contributed by atoms with van der Waals surface area (Å²) in [5, 5.41) is 17.4. The van der Waals surface area contributed by atoms with E-state index in [1.807, 2.05) is 49.5 Å². The minimum absolute atomic E-state index is 0.177. The maximum Gasteiger partial charge on any atom is 0.251 e. The Bertz CT molecular complexity index is 1620. The number of fused-ring (bicyclic) bond motifs is 1. The lowest BCUT2D eigenvalue weighted by atomic mass is 10.0. The molecular weight excluding hydrogens is 452 g/mol. The minimum Gasteiger partial charge on any atom is -0.456 e. The first-order valence-corrected chi connectivity index (χ1v) is 11.3. The van der Waals surface area contributed by atoms with Crippen LogP contribution in [-0.2, 0) is 13.6 Å². The number of hydrogen-bond acceptors (Lipinski definition) is 6. The molecule has 0 radical (unpaired) electrons. The van der Waals surface area contributed by atoms with Gasteiger partial charge < -0.3 is 10.1 Å². The van der Waals surface area contributed by atoms with E-state index in [1.165, 1.54) is 0 Å². The molecule has 1 amide bonds. The van der Waals surface area contributed by atoms with Crippen LogP contribution in [0.2, 0.25) is 0 Å². The molecule has 0 unspecified atom stereocenters. The number of ether oxygens (including phenoxy) is 1. The van der Waals surface area contributed by atoms with E-state index >= 15 is 0 Å². The zero-order chi connectivity index (χ0) is 25.1. The predicted molar refractivity (Wildman–Crippen MR) is 135 cm³/mol. The molecule has 3 heterocycles. The molecule has 8 nitrogen and oxygen atoms in total. The number of nitrogens with zero attached hydrogens (tertiary/aromatic N) is 5. The molecule has 0 saturated carbocycles. The number of nitrogens with one attached hydrogen (secondary N) is 1. The second-order valence-electron chi connectivity index (χ2n) is 8.29. The molecule has 8 heteroatoms. The van der Waals surface area contributed by atoms with Gasteiger partial charge in [-0.1, -0.05) is 12.1 Å². The molecule has 3 aromatic heterocycles. The Balaban J connectivity index is 1.41. The molecule has 0 aliphatic rings. The smallest absolute Gasteiger partial charge is 0.251 e. The molecule has 2 aromatic carbocycles. The normalized spacial score (nSPS) is 10.7. The first kappa shape index (κ1) is 22.7. The zero-order valence-electron chi connectivity index (χ0n) is 19.8. The molecule has 5 aromatic rings. The van der Waals surface area contributed by atoms with Gasteiger partial charge in [-0.15, -0.1) is 0 Å². The molecule has 0 aliphatic heterocycles. The third kappa shape index (κ3) is 4.50. The third-order valence-corrected chi connectivity index (χ3v) is 5.90. The van der Waals surface area contributed by atoms with Crippen molar-refractivity contribution in [1.29, 1.82) is 5.26 Å². The minimum atomic E-state index is -0.177. The van der Waals surface area contributed by atoms with E-state index in [0.29, 0.717) is 29.3 Å². The van der Waals surface area contributed by atoms with Gasteiger partial charge in [0, 0.05) is 60.5 Å². The van der Waals surface area contributed by atoms with E-state index in [9.17, 15) is 10.1 Å². The van der Waals surface area contributed by atoms with Crippen LogP contribution >= 0.6 is 0 Å². The van der Waals surface area contributed by atoms with Gasteiger partial charge >= 0.3 is 0 Å². The van der Waals surface area contributed by atoms with Crippen molar-refractivity contribution in [2.75, 3.05) is 0 Å². The molecule has 0 aliphatic carbocycles. The largest absolute Gasteiger partial charge is 0.456 e. The lowest BCUT2D eigenvalue weighted by molar-refractivity contribution is 0.0950. The van der Waals surface area contributed by atoms with Gasteiger partial charge in [-0.05, 0) is 60.5 Å². The van der Waals surface area contributed by atoms with Gasteiger partial charge in [0.15, 0.2) is 5.69 Å². The van der Waals surface area contributed by atoms with Crippen molar-refractivity contribution >= 4 is 16.8 Å². The molecular formula is C28H22N6O2. The highest BCUT2D eigenvalue weighted by Gasteiger charge is 2.15. The van der Waals surface area contributed by atoms with Gasteiger partial charge in [-0.25, -0.2) is 0 Å². The number of carbonyl (C=O) groups excluding carboxylic acids is 1. The summed E-state index contributed by atoms with van der Waals surface area (Å²) in [6, 6.07) is 18.8. The molecule has 0 atom stereocenters. The second-order valence-corrected chi connectivity index (χ2v) is 8.29. The van der Waals surface area contributed by atoms with E-state index < -0.39 is 0 Å². The van der Waals surface area contributed by atoms with Crippen LogP contribution in [0.5, 0.6) is 11.5 Å². The van der Waals surface area contributed by atoms with Gasteiger partial charge in [0.05, 0.1) is 5.52 Å². The fraction of sp³-hybridized carbons (Fsp3) is 0.107. The standard InChI is InChI=1S/C28H22N6O2/c1-18-21(28(35)32-16-19-8-11-30-12-9-19)4-3-5-26(18)36-27-10-13-31-24-14-20(6-7-22(24)27)23-17-34(2)33-25(23)15-29/h3-14,17H,16H2,1-2H3,(H,32,35). The van der Waals surface area contributed by atoms with Gasteiger partial charge in [-0.2, -0.15) is 10.4 Å². The Kier molecular flexibility index (Phi) is 6.12. The molecule has 36 heavy (non-hydrogen) atoms. The van der Waals surface area contributed by atoms with E-state index in [1.54, 1.807) is 48.5 Å². The van der Waals surface area contributed by atoms with Crippen LogP contribution in [0, 0.1) is 18.3 Å².